The number of benzene rings is 2. The molecule has 2 aromatic rings. The molecule has 0 unspecified atom stereocenters. The average Bonchev–Trinajstić information content (AvgIpc) is 2.87. The number of carbonyl (C=O) groups excluding carboxylic acids is 2. The first-order valence-corrected chi connectivity index (χ1v) is 8.71. The second-order valence-corrected chi connectivity index (χ2v) is 6.76. The van der Waals surface area contributed by atoms with Gasteiger partial charge in [-0.15, -0.1) is 0 Å². The van der Waals surface area contributed by atoms with Crippen LogP contribution in [0.1, 0.15) is 24.4 Å². The highest BCUT2D eigenvalue weighted by Gasteiger charge is 2.47. The van der Waals surface area contributed by atoms with Crippen molar-refractivity contribution in [3.63, 3.8) is 0 Å². The average molecular weight is 336 g/mol. The molecule has 1 aliphatic rings. The van der Waals surface area contributed by atoms with Crippen molar-refractivity contribution in [2.24, 2.45) is 5.92 Å². The highest BCUT2D eigenvalue weighted by Crippen LogP contribution is 2.38. The van der Waals surface area contributed by atoms with Gasteiger partial charge in [0, 0.05) is 5.69 Å². The lowest BCUT2D eigenvalue weighted by molar-refractivity contribution is -0.127. The van der Waals surface area contributed by atoms with Crippen LogP contribution in [0.4, 0.5) is 5.69 Å². The summed E-state index contributed by atoms with van der Waals surface area (Å²) >= 11 is 0. The van der Waals surface area contributed by atoms with Crippen molar-refractivity contribution in [2.45, 2.75) is 18.9 Å². The van der Waals surface area contributed by atoms with Crippen molar-refractivity contribution in [3.05, 3.63) is 66.2 Å². The van der Waals surface area contributed by atoms with Crippen LogP contribution in [-0.2, 0) is 9.59 Å². The molecule has 1 amide bonds. The molecule has 0 bridgehead atoms. The molecule has 2 atom stereocenters. The highest BCUT2D eigenvalue weighted by atomic mass is 16.2. The molecule has 0 aliphatic carbocycles. The van der Waals surface area contributed by atoms with Gasteiger partial charge in [-0.05, 0) is 51.2 Å². The minimum absolute atomic E-state index is 0.0128. The Labute approximate surface area is 149 Å². The SMILES string of the molecule is CN(C)CCC[C@H]1C(=O)[C@@H](c2ccccc2)N(c2ccccc2)C1=O. The molecule has 1 aliphatic heterocycles. The molecule has 2 aromatic carbocycles. The quantitative estimate of drug-likeness (QED) is 0.760. The number of ketones is 1. The summed E-state index contributed by atoms with van der Waals surface area (Å²) in [7, 11) is 4.00. The van der Waals surface area contributed by atoms with E-state index in [1.165, 1.54) is 0 Å². The van der Waals surface area contributed by atoms with Crippen LogP contribution in [0.3, 0.4) is 0 Å². The van der Waals surface area contributed by atoms with Crippen LogP contribution in [-0.4, -0.2) is 37.2 Å². The first-order valence-electron chi connectivity index (χ1n) is 8.71. The number of Topliss-reactive ketones (excluding diaryl/α,β-unsaturated/α-hetero) is 1. The van der Waals surface area contributed by atoms with Crippen molar-refractivity contribution in [1.82, 2.24) is 4.90 Å². The molecule has 0 saturated carbocycles. The molecule has 1 saturated heterocycles. The summed E-state index contributed by atoms with van der Waals surface area (Å²) in [6, 6.07) is 18.6. The third-order valence-corrected chi connectivity index (χ3v) is 4.65. The summed E-state index contributed by atoms with van der Waals surface area (Å²) < 4.78 is 0. The van der Waals surface area contributed by atoms with E-state index in [0.29, 0.717) is 6.42 Å². The first kappa shape index (κ1) is 17.4. The smallest absolute Gasteiger partial charge is 0.238 e. The molecule has 4 heteroatoms. The fourth-order valence-corrected chi connectivity index (χ4v) is 3.43. The van der Waals surface area contributed by atoms with Gasteiger partial charge in [-0.25, -0.2) is 0 Å². The maximum atomic E-state index is 13.1. The Hall–Kier alpha value is -2.46. The van der Waals surface area contributed by atoms with Gasteiger partial charge in [-0.2, -0.15) is 0 Å². The summed E-state index contributed by atoms with van der Waals surface area (Å²) in [5.74, 6) is -0.618. The van der Waals surface area contributed by atoms with Gasteiger partial charge >= 0.3 is 0 Å². The van der Waals surface area contributed by atoms with Gasteiger partial charge in [0.15, 0.2) is 5.78 Å². The second-order valence-electron chi connectivity index (χ2n) is 6.76. The predicted molar refractivity (Wildman–Crippen MR) is 99.4 cm³/mol. The summed E-state index contributed by atoms with van der Waals surface area (Å²) in [5, 5.41) is 0. The molecule has 130 valence electrons. The van der Waals surface area contributed by atoms with Gasteiger partial charge in [0.2, 0.25) is 5.91 Å². The van der Waals surface area contributed by atoms with E-state index in [-0.39, 0.29) is 11.7 Å². The van der Waals surface area contributed by atoms with Gasteiger partial charge < -0.3 is 4.90 Å². The summed E-state index contributed by atoms with van der Waals surface area (Å²) in [5.41, 5.74) is 1.66. The van der Waals surface area contributed by atoms with Crippen LogP contribution in [0.25, 0.3) is 0 Å². The lowest BCUT2D eigenvalue weighted by Crippen LogP contribution is -2.29. The predicted octanol–water partition coefficient (Wildman–Crippen LogP) is 3.30. The number of anilines is 1. The maximum absolute atomic E-state index is 13.1. The van der Waals surface area contributed by atoms with Gasteiger partial charge in [-0.3, -0.25) is 14.5 Å². The number of nitrogens with zero attached hydrogens (tertiary/aromatic N) is 2. The number of carbonyl (C=O) groups is 2. The molecule has 0 radical (unpaired) electrons. The Bertz CT molecular complexity index is 671. The topological polar surface area (TPSA) is 40.6 Å². The Morgan fingerprint density at radius 3 is 2.12 bits per heavy atom. The molecular formula is C21H24N2O2. The van der Waals surface area contributed by atoms with Crippen LogP contribution in [0.2, 0.25) is 0 Å². The highest BCUT2D eigenvalue weighted by molar-refractivity contribution is 6.19. The van der Waals surface area contributed by atoms with Crippen molar-refractivity contribution in [3.8, 4) is 0 Å². The van der Waals surface area contributed by atoms with E-state index in [1.807, 2.05) is 74.8 Å². The van der Waals surface area contributed by atoms with Gasteiger partial charge in [0.25, 0.3) is 0 Å². The molecule has 3 rings (SSSR count). The zero-order chi connectivity index (χ0) is 17.8. The van der Waals surface area contributed by atoms with Crippen LogP contribution < -0.4 is 4.90 Å². The fourth-order valence-electron chi connectivity index (χ4n) is 3.43. The Morgan fingerprint density at radius 2 is 1.52 bits per heavy atom. The number of rotatable bonds is 6. The Morgan fingerprint density at radius 1 is 0.920 bits per heavy atom. The third kappa shape index (κ3) is 3.64. The van der Waals surface area contributed by atoms with Crippen molar-refractivity contribution in [1.29, 1.82) is 0 Å². The van der Waals surface area contributed by atoms with Crippen LogP contribution in [0.15, 0.2) is 60.7 Å². The standard InChI is InChI=1S/C21H24N2O2/c1-22(2)15-9-14-18-20(24)19(16-10-5-3-6-11-16)23(21(18)25)17-12-7-4-8-13-17/h3-8,10-13,18-19H,9,14-15H2,1-2H3/t18-,19+/m0/s1. The van der Waals surface area contributed by atoms with Gasteiger partial charge in [-0.1, -0.05) is 48.5 Å². The summed E-state index contributed by atoms with van der Waals surface area (Å²) in [4.78, 5) is 29.9. The number of hydrogen-bond acceptors (Lipinski definition) is 3. The lowest BCUT2D eigenvalue weighted by Gasteiger charge is -2.24. The Kier molecular flexibility index (Phi) is 5.29. The summed E-state index contributed by atoms with van der Waals surface area (Å²) in [6.07, 6.45) is 1.43. The largest absolute Gasteiger partial charge is 0.309 e. The van der Waals surface area contributed by atoms with E-state index in [1.54, 1.807) is 4.90 Å². The molecule has 0 spiro atoms. The zero-order valence-electron chi connectivity index (χ0n) is 14.8. The number of amides is 1. The minimum atomic E-state index is -0.551. The number of para-hydroxylation sites is 1. The van der Waals surface area contributed by atoms with Crippen molar-refractivity contribution >= 4 is 17.4 Å². The van der Waals surface area contributed by atoms with Crippen molar-refractivity contribution < 1.29 is 9.59 Å². The molecular weight excluding hydrogens is 312 g/mol. The molecule has 0 N–H and O–H groups in total. The fraction of sp³-hybridized carbons (Fsp3) is 0.333. The van der Waals surface area contributed by atoms with Crippen molar-refractivity contribution in [2.75, 3.05) is 25.5 Å². The second kappa shape index (κ2) is 7.62. The van der Waals surface area contributed by atoms with Crippen LogP contribution in [0, 0.1) is 5.92 Å². The molecule has 4 nitrogen and oxygen atoms in total. The number of hydrogen-bond donors (Lipinski definition) is 0. The van der Waals surface area contributed by atoms with E-state index in [9.17, 15) is 9.59 Å². The van der Waals surface area contributed by atoms with Crippen LogP contribution in [0.5, 0.6) is 0 Å². The van der Waals surface area contributed by atoms with E-state index in [2.05, 4.69) is 4.90 Å². The zero-order valence-corrected chi connectivity index (χ0v) is 14.8. The maximum Gasteiger partial charge on any atom is 0.238 e. The third-order valence-electron chi connectivity index (χ3n) is 4.65. The van der Waals surface area contributed by atoms with Crippen LogP contribution >= 0.6 is 0 Å². The van der Waals surface area contributed by atoms with E-state index in [4.69, 9.17) is 0 Å². The molecule has 1 heterocycles. The molecule has 0 aromatic heterocycles. The van der Waals surface area contributed by atoms with Gasteiger partial charge in [0.1, 0.15) is 6.04 Å². The summed E-state index contributed by atoms with van der Waals surface area (Å²) in [6.45, 7) is 0.873. The minimum Gasteiger partial charge on any atom is -0.309 e. The van der Waals surface area contributed by atoms with E-state index < -0.39 is 12.0 Å². The normalized spacial score (nSPS) is 20.5. The molecule has 25 heavy (non-hydrogen) atoms. The van der Waals surface area contributed by atoms with Gasteiger partial charge in [0.05, 0.1) is 5.92 Å². The molecule has 1 fully saturated rings. The lowest BCUT2D eigenvalue weighted by atomic mass is 9.94. The van der Waals surface area contributed by atoms with E-state index in [0.717, 1.165) is 24.2 Å². The van der Waals surface area contributed by atoms with E-state index >= 15 is 0 Å². The first-order chi connectivity index (χ1) is 12.1. The monoisotopic (exact) mass is 336 g/mol. The Balaban J connectivity index is 1.93.